The van der Waals surface area contributed by atoms with Crippen molar-refractivity contribution in [3.63, 3.8) is 0 Å². The summed E-state index contributed by atoms with van der Waals surface area (Å²) < 4.78 is 1.93. The number of carbonyl (C=O) groups is 1. The first kappa shape index (κ1) is 11.7. The van der Waals surface area contributed by atoms with Gasteiger partial charge in [-0.2, -0.15) is 0 Å². The van der Waals surface area contributed by atoms with Gasteiger partial charge < -0.3 is 10.0 Å². The van der Waals surface area contributed by atoms with Crippen molar-refractivity contribution in [1.82, 2.24) is 14.3 Å². The Morgan fingerprint density at radius 1 is 1.61 bits per heavy atom. The molecule has 18 heavy (non-hydrogen) atoms. The molecule has 2 aromatic rings. The SMILES string of the molecule is O=C(Cc1cn2ccsc2n1)N1CCC[C@H]1CO. The van der Waals surface area contributed by atoms with Crippen LogP contribution in [0.4, 0.5) is 0 Å². The van der Waals surface area contributed by atoms with Gasteiger partial charge in [0.25, 0.3) is 0 Å². The molecule has 0 aliphatic carbocycles. The Bertz CT molecular complexity index is 534. The van der Waals surface area contributed by atoms with Crippen LogP contribution in [-0.4, -0.2) is 44.5 Å². The smallest absolute Gasteiger partial charge is 0.228 e. The third kappa shape index (κ3) is 2.02. The molecule has 1 aliphatic rings. The molecule has 5 nitrogen and oxygen atoms in total. The molecular weight excluding hydrogens is 250 g/mol. The van der Waals surface area contributed by atoms with E-state index in [1.807, 2.05) is 22.2 Å². The second-order valence-corrected chi connectivity index (χ2v) is 5.44. The molecule has 3 heterocycles. The number of carbonyl (C=O) groups excluding carboxylic acids is 1. The van der Waals surface area contributed by atoms with Gasteiger partial charge in [-0.15, -0.1) is 11.3 Å². The summed E-state index contributed by atoms with van der Waals surface area (Å²) in [4.78, 5) is 19.3. The lowest BCUT2D eigenvalue weighted by molar-refractivity contribution is -0.132. The van der Waals surface area contributed by atoms with Gasteiger partial charge in [0.15, 0.2) is 4.96 Å². The summed E-state index contributed by atoms with van der Waals surface area (Å²) in [5.41, 5.74) is 0.801. The van der Waals surface area contributed by atoms with E-state index < -0.39 is 0 Å². The van der Waals surface area contributed by atoms with Gasteiger partial charge in [0.2, 0.25) is 5.91 Å². The normalized spacial score (nSPS) is 19.8. The number of fused-ring (bicyclic) bond motifs is 1. The molecule has 0 saturated carbocycles. The Balaban J connectivity index is 1.72. The molecule has 1 atom stereocenters. The number of rotatable bonds is 3. The van der Waals surface area contributed by atoms with Crippen molar-refractivity contribution in [2.24, 2.45) is 0 Å². The van der Waals surface area contributed by atoms with Crippen LogP contribution in [0.2, 0.25) is 0 Å². The summed E-state index contributed by atoms with van der Waals surface area (Å²) in [5.74, 6) is 0.0669. The first-order valence-corrected chi connectivity index (χ1v) is 6.97. The van der Waals surface area contributed by atoms with Crippen LogP contribution in [0, 0.1) is 0 Å². The van der Waals surface area contributed by atoms with Gasteiger partial charge in [0.1, 0.15) is 0 Å². The molecule has 0 unspecified atom stereocenters. The van der Waals surface area contributed by atoms with E-state index in [0.717, 1.165) is 30.0 Å². The quantitative estimate of drug-likeness (QED) is 0.898. The first-order valence-electron chi connectivity index (χ1n) is 6.09. The standard InChI is InChI=1S/C12H15N3O2S/c16-8-10-2-1-3-15(10)11(17)6-9-7-14-4-5-18-12(14)13-9/h4-5,7,10,16H,1-3,6,8H2/t10-/m0/s1. The van der Waals surface area contributed by atoms with Crippen molar-refractivity contribution >= 4 is 22.2 Å². The van der Waals surface area contributed by atoms with Gasteiger partial charge in [0.05, 0.1) is 24.8 Å². The number of hydrogen-bond donors (Lipinski definition) is 1. The zero-order valence-electron chi connectivity index (χ0n) is 9.95. The van der Waals surface area contributed by atoms with Crippen LogP contribution in [0.5, 0.6) is 0 Å². The third-order valence-electron chi connectivity index (χ3n) is 3.38. The molecule has 3 rings (SSSR count). The Kier molecular flexibility index (Phi) is 3.05. The highest BCUT2D eigenvalue weighted by Crippen LogP contribution is 2.18. The monoisotopic (exact) mass is 265 g/mol. The van der Waals surface area contributed by atoms with E-state index in [1.165, 1.54) is 0 Å². The van der Waals surface area contributed by atoms with Crippen LogP contribution in [0.3, 0.4) is 0 Å². The van der Waals surface area contributed by atoms with Crippen LogP contribution in [-0.2, 0) is 11.2 Å². The summed E-state index contributed by atoms with van der Waals surface area (Å²) in [6.45, 7) is 0.816. The maximum absolute atomic E-state index is 12.2. The maximum atomic E-state index is 12.2. The number of aromatic nitrogens is 2. The number of aliphatic hydroxyl groups is 1. The van der Waals surface area contributed by atoms with Gasteiger partial charge in [-0.05, 0) is 12.8 Å². The summed E-state index contributed by atoms with van der Waals surface area (Å²) in [6.07, 6.45) is 6.04. The van der Waals surface area contributed by atoms with E-state index in [-0.39, 0.29) is 18.6 Å². The van der Waals surface area contributed by atoms with Crippen LogP contribution in [0.1, 0.15) is 18.5 Å². The molecule has 1 amide bonds. The topological polar surface area (TPSA) is 57.8 Å². The second-order valence-electron chi connectivity index (χ2n) is 4.57. The summed E-state index contributed by atoms with van der Waals surface area (Å²) >= 11 is 1.56. The number of amides is 1. The van der Waals surface area contributed by atoms with E-state index in [2.05, 4.69) is 4.98 Å². The van der Waals surface area contributed by atoms with Gasteiger partial charge in [-0.1, -0.05) is 0 Å². The molecule has 1 aliphatic heterocycles. The molecule has 0 spiro atoms. The molecule has 0 bridgehead atoms. The fraction of sp³-hybridized carbons (Fsp3) is 0.500. The number of nitrogens with zero attached hydrogens (tertiary/aromatic N) is 3. The van der Waals surface area contributed by atoms with Gasteiger partial charge >= 0.3 is 0 Å². The number of thiazole rings is 1. The highest BCUT2D eigenvalue weighted by molar-refractivity contribution is 7.15. The lowest BCUT2D eigenvalue weighted by Crippen LogP contribution is -2.38. The van der Waals surface area contributed by atoms with Crippen molar-refractivity contribution in [3.05, 3.63) is 23.5 Å². The van der Waals surface area contributed by atoms with Crippen molar-refractivity contribution in [3.8, 4) is 0 Å². The summed E-state index contributed by atoms with van der Waals surface area (Å²) in [5, 5.41) is 11.2. The van der Waals surface area contributed by atoms with Crippen molar-refractivity contribution < 1.29 is 9.90 Å². The zero-order chi connectivity index (χ0) is 12.5. The molecule has 96 valence electrons. The van der Waals surface area contributed by atoms with Crippen molar-refractivity contribution in [2.45, 2.75) is 25.3 Å². The van der Waals surface area contributed by atoms with Crippen LogP contribution >= 0.6 is 11.3 Å². The van der Waals surface area contributed by atoms with Crippen molar-refractivity contribution in [1.29, 1.82) is 0 Å². The van der Waals surface area contributed by atoms with Crippen LogP contribution in [0.15, 0.2) is 17.8 Å². The Hall–Kier alpha value is -1.40. The summed E-state index contributed by atoms with van der Waals surface area (Å²) in [6, 6.07) is 0.00114. The first-order chi connectivity index (χ1) is 8.78. The average Bonchev–Trinajstić information content (AvgIpc) is 3.02. The van der Waals surface area contributed by atoms with E-state index >= 15 is 0 Å². The third-order valence-corrected chi connectivity index (χ3v) is 4.15. The minimum absolute atomic E-state index is 0.00114. The molecule has 0 radical (unpaired) electrons. The summed E-state index contributed by atoms with van der Waals surface area (Å²) in [7, 11) is 0. The van der Waals surface area contributed by atoms with E-state index in [0.29, 0.717) is 6.42 Å². The number of hydrogen-bond acceptors (Lipinski definition) is 4. The molecule has 0 aromatic carbocycles. The highest BCUT2D eigenvalue weighted by Gasteiger charge is 2.28. The van der Waals surface area contributed by atoms with Gasteiger partial charge in [-0.25, -0.2) is 4.98 Å². The minimum Gasteiger partial charge on any atom is -0.394 e. The van der Waals surface area contributed by atoms with Crippen LogP contribution in [0.25, 0.3) is 4.96 Å². The Morgan fingerprint density at radius 3 is 3.28 bits per heavy atom. The largest absolute Gasteiger partial charge is 0.394 e. The zero-order valence-corrected chi connectivity index (χ0v) is 10.8. The van der Waals surface area contributed by atoms with Gasteiger partial charge in [0, 0.05) is 24.3 Å². The number of imidazole rings is 1. The highest BCUT2D eigenvalue weighted by atomic mass is 32.1. The fourth-order valence-electron chi connectivity index (χ4n) is 2.47. The lowest BCUT2D eigenvalue weighted by Gasteiger charge is -2.22. The minimum atomic E-state index is 0.00114. The van der Waals surface area contributed by atoms with E-state index in [1.54, 1.807) is 16.2 Å². The molecule has 1 fully saturated rings. The predicted molar refractivity (Wildman–Crippen MR) is 68.6 cm³/mol. The Morgan fingerprint density at radius 2 is 2.50 bits per heavy atom. The van der Waals surface area contributed by atoms with Gasteiger partial charge in [-0.3, -0.25) is 9.20 Å². The Labute approximate surface area is 109 Å². The van der Waals surface area contributed by atoms with E-state index in [9.17, 15) is 9.90 Å². The molecular formula is C12H15N3O2S. The molecule has 6 heteroatoms. The maximum Gasteiger partial charge on any atom is 0.228 e. The average molecular weight is 265 g/mol. The van der Waals surface area contributed by atoms with Crippen molar-refractivity contribution in [2.75, 3.05) is 13.2 Å². The second kappa shape index (κ2) is 4.70. The predicted octanol–water partition coefficient (Wildman–Crippen LogP) is 0.922. The lowest BCUT2D eigenvalue weighted by atomic mass is 10.2. The molecule has 1 N–H and O–H groups in total. The molecule has 2 aromatic heterocycles. The van der Waals surface area contributed by atoms with Crippen LogP contribution < -0.4 is 0 Å². The molecule has 1 saturated heterocycles. The number of likely N-dealkylation sites (tertiary alicyclic amines) is 1. The number of aliphatic hydroxyl groups excluding tert-OH is 1. The van der Waals surface area contributed by atoms with E-state index in [4.69, 9.17) is 0 Å². The fourth-order valence-corrected chi connectivity index (χ4v) is 3.19.